The number of carbonyl (C=O) groups is 1. The molecule has 1 heteroatoms. The molecule has 0 saturated heterocycles. The Morgan fingerprint density at radius 1 is 0.857 bits per heavy atom. The van der Waals surface area contributed by atoms with E-state index in [2.05, 4.69) is 6.58 Å². The van der Waals surface area contributed by atoms with Crippen molar-refractivity contribution in [3.8, 4) is 0 Å². The average molecular weight is 182 g/mol. The first kappa shape index (κ1) is 8.70. The highest BCUT2D eigenvalue weighted by atomic mass is 16.1. The van der Waals surface area contributed by atoms with E-state index in [4.69, 9.17) is 0 Å². The molecule has 0 spiro atoms. The van der Waals surface area contributed by atoms with Gasteiger partial charge in [0.15, 0.2) is 5.78 Å². The number of rotatable bonds is 0. The third-order valence-electron chi connectivity index (χ3n) is 2.14. The summed E-state index contributed by atoms with van der Waals surface area (Å²) in [7, 11) is 0. The highest BCUT2D eigenvalue weighted by Gasteiger charge is 1.97. The minimum atomic E-state index is 0.0440. The van der Waals surface area contributed by atoms with E-state index in [0.29, 0.717) is 0 Å². The molecule has 1 nitrogen and oxygen atoms in total. The number of ketones is 1. The van der Waals surface area contributed by atoms with Gasteiger partial charge >= 0.3 is 0 Å². The largest absolute Gasteiger partial charge is 0.290 e. The topological polar surface area (TPSA) is 17.1 Å². The van der Waals surface area contributed by atoms with Gasteiger partial charge in [0.1, 0.15) is 0 Å². The number of carbonyl (C=O) groups excluding carboxylic acids is 1. The van der Waals surface area contributed by atoms with Gasteiger partial charge in [-0.25, -0.2) is 0 Å². The maximum absolute atomic E-state index is 10.9. The summed E-state index contributed by atoms with van der Waals surface area (Å²) >= 11 is 0. The van der Waals surface area contributed by atoms with Crippen molar-refractivity contribution in [3.05, 3.63) is 59.0 Å². The van der Waals surface area contributed by atoms with Crippen molar-refractivity contribution in [3.63, 3.8) is 0 Å². The smallest absolute Gasteiger partial charge is 0.178 e. The molecule has 0 atom stereocenters. The summed E-state index contributed by atoms with van der Waals surface area (Å²) in [5, 5.41) is 2.10. The fourth-order valence-corrected chi connectivity index (χ4v) is 1.34. The summed E-state index contributed by atoms with van der Waals surface area (Å²) in [6, 6.07) is 7.92. The zero-order valence-corrected chi connectivity index (χ0v) is 7.73. The minimum absolute atomic E-state index is 0.0440. The molecule has 0 unspecified atom stereocenters. The average Bonchev–Trinajstić information content (AvgIpc) is 2.21. The predicted molar refractivity (Wildman–Crippen MR) is 57.9 cm³/mol. The Bertz CT molecular complexity index is 491. The first-order valence-corrected chi connectivity index (χ1v) is 4.45. The minimum Gasteiger partial charge on any atom is -0.290 e. The lowest BCUT2D eigenvalue weighted by Crippen LogP contribution is -2.09. The van der Waals surface area contributed by atoms with E-state index in [0.717, 1.165) is 16.0 Å². The van der Waals surface area contributed by atoms with Crippen LogP contribution in [0.25, 0.3) is 12.2 Å². The monoisotopic (exact) mass is 182 g/mol. The van der Waals surface area contributed by atoms with Gasteiger partial charge in [-0.15, -0.1) is 0 Å². The summed E-state index contributed by atoms with van der Waals surface area (Å²) in [4.78, 5) is 10.9. The van der Waals surface area contributed by atoms with Crippen LogP contribution in [0.15, 0.2) is 48.6 Å². The molecule has 0 aromatic heterocycles. The van der Waals surface area contributed by atoms with Gasteiger partial charge in [-0.1, -0.05) is 43.0 Å². The van der Waals surface area contributed by atoms with Crippen molar-refractivity contribution in [2.45, 2.75) is 0 Å². The van der Waals surface area contributed by atoms with Crippen LogP contribution in [-0.4, -0.2) is 5.78 Å². The van der Waals surface area contributed by atoms with Crippen LogP contribution >= 0.6 is 0 Å². The van der Waals surface area contributed by atoms with E-state index in [1.165, 1.54) is 0 Å². The molecule has 0 aliphatic heterocycles. The van der Waals surface area contributed by atoms with Crippen LogP contribution < -0.4 is 10.4 Å². The molecule has 0 radical (unpaired) electrons. The molecule has 0 saturated carbocycles. The number of allylic oxidation sites excluding steroid dienone is 4. The Kier molecular flexibility index (Phi) is 2.15. The quantitative estimate of drug-likeness (QED) is 0.583. The molecule has 1 aliphatic rings. The Hall–Kier alpha value is -1.89. The molecule has 1 aliphatic carbocycles. The summed E-state index contributed by atoms with van der Waals surface area (Å²) in [6.45, 7) is 3.82. The van der Waals surface area contributed by atoms with Crippen LogP contribution in [0.3, 0.4) is 0 Å². The van der Waals surface area contributed by atoms with Crippen LogP contribution in [-0.2, 0) is 4.79 Å². The molecule has 0 amide bonds. The van der Waals surface area contributed by atoms with Crippen LogP contribution in [0.4, 0.5) is 0 Å². The van der Waals surface area contributed by atoms with Gasteiger partial charge in [0.2, 0.25) is 0 Å². The Morgan fingerprint density at radius 2 is 1.43 bits per heavy atom. The van der Waals surface area contributed by atoms with E-state index in [-0.39, 0.29) is 5.78 Å². The molecular weight excluding hydrogens is 172 g/mol. The summed E-state index contributed by atoms with van der Waals surface area (Å²) in [5.74, 6) is 0.0440. The van der Waals surface area contributed by atoms with Crippen LogP contribution in [0.2, 0.25) is 0 Å². The Balaban J connectivity index is 2.57. The number of hydrogen-bond donors (Lipinski definition) is 0. The second-order valence-corrected chi connectivity index (χ2v) is 3.22. The lowest BCUT2D eigenvalue weighted by atomic mass is 10.1. The van der Waals surface area contributed by atoms with Gasteiger partial charge in [0.25, 0.3) is 0 Å². The SMILES string of the molecule is C=c1ccc(=C2C=CC(=O)C=C2)cc1. The van der Waals surface area contributed by atoms with Gasteiger partial charge in [-0.3, -0.25) is 4.79 Å². The van der Waals surface area contributed by atoms with Crippen molar-refractivity contribution < 1.29 is 4.79 Å². The molecule has 14 heavy (non-hydrogen) atoms. The molecule has 68 valence electrons. The van der Waals surface area contributed by atoms with Crippen molar-refractivity contribution in [1.29, 1.82) is 0 Å². The molecular formula is C13H10O. The van der Waals surface area contributed by atoms with Gasteiger partial charge in [-0.2, -0.15) is 0 Å². The highest BCUT2D eigenvalue weighted by Crippen LogP contribution is 2.04. The lowest BCUT2D eigenvalue weighted by molar-refractivity contribution is -0.110. The summed E-state index contributed by atoms with van der Waals surface area (Å²) in [6.07, 6.45) is 6.82. The Labute approximate surface area is 82.4 Å². The maximum atomic E-state index is 10.9. The standard InChI is InChI=1S/C13H10O/c1-10-2-4-11(5-3-10)12-6-8-13(14)9-7-12/h2-9H,1H2. The second kappa shape index (κ2) is 3.46. The van der Waals surface area contributed by atoms with Gasteiger partial charge < -0.3 is 0 Å². The van der Waals surface area contributed by atoms with E-state index in [1.807, 2.05) is 36.4 Å². The predicted octanol–water partition coefficient (Wildman–Crippen LogP) is 0.943. The van der Waals surface area contributed by atoms with Gasteiger partial charge in [-0.05, 0) is 28.2 Å². The first-order chi connectivity index (χ1) is 6.75. The van der Waals surface area contributed by atoms with E-state index in [9.17, 15) is 4.79 Å². The molecule has 0 bridgehead atoms. The van der Waals surface area contributed by atoms with Crippen LogP contribution in [0, 0.1) is 0 Å². The zero-order valence-electron chi connectivity index (χ0n) is 7.73. The van der Waals surface area contributed by atoms with Crippen molar-refractivity contribution >= 4 is 17.9 Å². The third-order valence-corrected chi connectivity index (χ3v) is 2.14. The molecule has 2 rings (SSSR count). The first-order valence-electron chi connectivity index (χ1n) is 4.45. The fourth-order valence-electron chi connectivity index (χ4n) is 1.34. The highest BCUT2D eigenvalue weighted by molar-refractivity contribution is 6.04. The number of benzene rings is 1. The van der Waals surface area contributed by atoms with Crippen molar-refractivity contribution in [1.82, 2.24) is 0 Å². The van der Waals surface area contributed by atoms with Gasteiger partial charge in [0.05, 0.1) is 0 Å². The number of hydrogen-bond acceptors (Lipinski definition) is 1. The van der Waals surface area contributed by atoms with E-state index < -0.39 is 0 Å². The van der Waals surface area contributed by atoms with Gasteiger partial charge in [0, 0.05) is 0 Å². The molecule has 1 aromatic rings. The normalized spacial score (nSPS) is 14.9. The van der Waals surface area contributed by atoms with E-state index >= 15 is 0 Å². The second-order valence-electron chi connectivity index (χ2n) is 3.22. The van der Waals surface area contributed by atoms with E-state index in [1.54, 1.807) is 12.2 Å². The molecule has 0 heterocycles. The molecule has 0 N–H and O–H groups in total. The third kappa shape index (κ3) is 1.72. The molecule has 1 aromatic carbocycles. The molecule has 0 fully saturated rings. The fraction of sp³-hybridized carbons (Fsp3) is 0. The zero-order chi connectivity index (χ0) is 9.97. The van der Waals surface area contributed by atoms with Crippen molar-refractivity contribution in [2.24, 2.45) is 0 Å². The maximum Gasteiger partial charge on any atom is 0.178 e. The summed E-state index contributed by atoms with van der Waals surface area (Å²) < 4.78 is 0. The van der Waals surface area contributed by atoms with Crippen molar-refractivity contribution in [2.75, 3.05) is 0 Å². The van der Waals surface area contributed by atoms with Crippen LogP contribution in [0.5, 0.6) is 0 Å². The Morgan fingerprint density at radius 3 is 2.00 bits per heavy atom. The lowest BCUT2D eigenvalue weighted by Gasteiger charge is -1.98. The summed E-state index contributed by atoms with van der Waals surface area (Å²) in [5.41, 5.74) is 1.06. The van der Waals surface area contributed by atoms with Crippen LogP contribution in [0.1, 0.15) is 0 Å².